The Balaban J connectivity index is 2.09. The molecule has 18 heavy (non-hydrogen) atoms. The summed E-state index contributed by atoms with van der Waals surface area (Å²) in [6.45, 7) is 2.02. The average molecular weight is 315 g/mol. The SMILES string of the molecule is CCC(CC1CC1C(=O)O)c1cc(Br)ccc1F. The molecule has 0 amide bonds. The molecule has 98 valence electrons. The van der Waals surface area contributed by atoms with E-state index in [1.165, 1.54) is 6.07 Å². The van der Waals surface area contributed by atoms with Gasteiger partial charge < -0.3 is 5.11 Å². The third-order valence-electron chi connectivity index (χ3n) is 3.72. The van der Waals surface area contributed by atoms with Gasteiger partial charge in [0.1, 0.15) is 5.82 Å². The van der Waals surface area contributed by atoms with Crippen LogP contribution in [-0.4, -0.2) is 11.1 Å². The van der Waals surface area contributed by atoms with Crippen LogP contribution in [0, 0.1) is 17.7 Å². The molecule has 1 aromatic carbocycles. The first kappa shape index (κ1) is 13.5. The number of hydrogen-bond donors (Lipinski definition) is 1. The Hall–Kier alpha value is -0.900. The molecule has 0 saturated heterocycles. The lowest BCUT2D eigenvalue weighted by atomic mass is 9.90. The Bertz CT molecular complexity index is 461. The molecule has 3 unspecified atom stereocenters. The topological polar surface area (TPSA) is 37.3 Å². The second-order valence-electron chi connectivity index (χ2n) is 4.95. The summed E-state index contributed by atoms with van der Waals surface area (Å²) in [5.41, 5.74) is 0.697. The molecule has 0 aliphatic heterocycles. The van der Waals surface area contributed by atoms with Gasteiger partial charge in [-0.05, 0) is 54.9 Å². The van der Waals surface area contributed by atoms with Crippen LogP contribution in [0.25, 0.3) is 0 Å². The fourth-order valence-corrected chi connectivity index (χ4v) is 2.90. The standard InChI is InChI=1S/C14H16BrFO2/c1-2-8(5-9-6-12(9)14(17)18)11-7-10(15)3-4-13(11)16/h3-4,7-9,12H,2,5-6H2,1H3,(H,17,18). The minimum absolute atomic E-state index is 0.108. The fourth-order valence-electron chi connectivity index (χ4n) is 2.52. The maximum atomic E-state index is 13.8. The molecule has 2 nitrogen and oxygen atoms in total. The van der Waals surface area contributed by atoms with E-state index in [1.807, 2.05) is 13.0 Å². The minimum atomic E-state index is -0.718. The van der Waals surface area contributed by atoms with Gasteiger partial charge in [0.05, 0.1) is 5.92 Å². The summed E-state index contributed by atoms with van der Waals surface area (Å²) in [6, 6.07) is 4.95. The Kier molecular flexibility index (Phi) is 4.05. The summed E-state index contributed by atoms with van der Waals surface area (Å²) in [6.07, 6.45) is 2.33. The van der Waals surface area contributed by atoms with Gasteiger partial charge in [-0.1, -0.05) is 22.9 Å². The van der Waals surface area contributed by atoms with E-state index in [0.717, 1.165) is 23.7 Å². The summed E-state index contributed by atoms with van der Waals surface area (Å²) in [7, 11) is 0. The van der Waals surface area contributed by atoms with Crippen LogP contribution >= 0.6 is 15.9 Å². The predicted molar refractivity (Wildman–Crippen MR) is 71.0 cm³/mol. The number of carboxylic acid groups (broad SMARTS) is 1. The lowest BCUT2D eigenvalue weighted by Crippen LogP contribution is -2.05. The van der Waals surface area contributed by atoms with Crippen molar-refractivity contribution >= 4 is 21.9 Å². The predicted octanol–water partition coefficient (Wildman–Crippen LogP) is 4.19. The second-order valence-corrected chi connectivity index (χ2v) is 5.86. The quantitative estimate of drug-likeness (QED) is 0.884. The van der Waals surface area contributed by atoms with Crippen molar-refractivity contribution < 1.29 is 14.3 Å². The summed E-state index contributed by atoms with van der Waals surface area (Å²) >= 11 is 3.35. The summed E-state index contributed by atoms with van der Waals surface area (Å²) in [5.74, 6) is -0.806. The van der Waals surface area contributed by atoms with Gasteiger partial charge in [-0.15, -0.1) is 0 Å². The lowest BCUT2D eigenvalue weighted by Gasteiger charge is -2.16. The van der Waals surface area contributed by atoms with E-state index in [4.69, 9.17) is 5.11 Å². The molecular weight excluding hydrogens is 299 g/mol. The zero-order valence-corrected chi connectivity index (χ0v) is 11.8. The maximum absolute atomic E-state index is 13.8. The Morgan fingerprint density at radius 3 is 2.89 bits per heavy atom. The van der Waals surface area contributed by atoms with Crippen molar-refractivity contribution in [3.63, 3.8) is 0 Å². The van der Waals surface area contributed by atoms with Crippen LogP contribution in [0.5, 0.6) is 0 Å². The summed E-state index contributed by atoms with van der Waals surface area (Å²) in [4.78, 5) is 10.8. The van der Waals surface area contributed by atoms with Crippen LogP contribution in [0.15, 0.2) is 22.7 Å². The first-order chi connectivity index (χ1) is 8.52. The monoisotopic (exact) mass is 314 g/mol. The van der Waals surface area contributed by atoms with E-state index in [9.17, 15) is 9.18 Å². The van der Waals surface area contributed by atoms with Crippen molar-refractivity contribution in [2.45, 2.75) is 32.1 Å². The summed E-state index contributed by atoms with van der Waals surface area (Å²) < 4.78 is 14.7. The highest BCUT2D eigenvalue weighted by Crippen LogP contribution is 2.46. The third kappa shape index (κ3) is 2.91. The highest BCUT2D eigenvalue weighted by Gasteiger charge is 2.44. The van der Waals surface area contributed by atoms with E-state index < -0.39 is 5.97 Å². The zero-order chi connectivity index (χ0) is 13.3. The van der Waals surface area contributed by atoms with Gasteiger partial charge in [-0.2, -0.15) is 0 Å². The largest absolute Gasteiger partial charge is 0.481 e. The fraction of sp³-hybridized carbons (Fsp3) is 0.500. The van der Waals surface area contributed by atoms with Crippen LogP contribution in [0.4, 0.5) is 4.39 Å². The highest BCUT2D eigenvalue weighted by molar-refractivity contribution is 9.10. The van der Waals surface area contributed by atoms with Gasteiger partial charge in [-0.3, -0.25) is 4.79 Å². The van der Waals surface area contributed by atoms with Crippen molar-refractivity contribution in [3.05, 3.63) is 34.1 Å². The molecule has 1 aromatic rings. The smallest absolute Gasteiger partial charge is 0.306 e. The molecule has 0 spiro atoms. The molecule has 0 aromatic heterocycles. The van der Waals surface area contributed by atoms with E-state index in [2.05, 4.69) is 15.9 Å². The van der Waals surface area contributed by atoms with Crippen LogP contribution < -0.4 is 0 Å². The van der Waals surface area contributed by atoms with Crippen molar-refractivity contribution in [2.24, 2.45) is 11.8 Å². The number of aliphatic carboxylic acids is 1. The number of halogens is 2. The molecule has 1 saturated carbocycles. The molecular formula is C14H16BrFO2. The molecule has 0 heterocycles. The number of benzene rings is 1. The Labute approximate surface area is 114 Å². The third-order valence-corrected chi connectivity index (χ3v) is 4.21. The minimum Gasteiger partial charge on any atom is -0.481 e. The Morgan fingerprint density at radius 2 is 2.33 bits per heavy atom. The molecule has 1 N–H and O–H groups in total. The first-order valence-corrected chi connectivity index (χ1v) is 7.00. The van der Waals surface area contributed by atoms with E-state index in [-0.39, 0.29) is 23.6 Å². The molecule has 3 atom stereocenters. The average Bonchev–Trinajstić information content (AvgIpc) is 3.09. The van der Waals surface area contributed by atoms with Crippen LogP contribution in [-0.2, 0) is 4.79 Å². The van der Waals surface area contributed by atoms with Crippen molar-refractivity contribution in [1.82, 2.24) is 0 Å². The molecule has 0 bridgehead atoms. The Morgan fingerprint density at radius 1 is 1.61 bits per heavy atom. The first-order valence-electron chi connectivity index (χ1n) is 6.20. The van der Waals surface area contributed by atoms with Crippen molar-refractivity contribution in [1.29, 1.82) is 0 Å². The normalized spacial score (nSPS) is 23.7. The van der Waals surface area contributed by atoms with Crippen molar-refractivity contribution in [3.8, 4) is 0 Å². The van der Waals surface area contributed by atoms with Gasteiger partial charge >= 0.3 is 5.97 Å². The van der Waals surface area contributed by atoms with E-state index >= 15 is 0 Å². The molecule has 1 aliphatic rings. The van der Waals surface area contributed by atoms with E-state index in [0.29, 0.717) is 5.56 Å². The number of rotatable bonds is 5. The summed E-state index contributed by atoms with van der Waals surface area (Å²) in [5, 5.41) is 8.90. The lowest BCUT2D eigenvalue weighted by molar-refractivity contribution is -0.138. The van der Waals surface area contributed by atoms with Crippen LogP contribution in [0.2, 0.25) is 0 Å². The number of carboxylic acids is 1. The van der Waals surface area contributed by atoms with Gasteiger partial charge in [0.15, 0.2) is 0 Å². The van der Waals surface area contributed by atoms with Crippen LogP contribution in [0.1, 0.15) is 37.7 Å². The van der Waals surface area contributed by atoms with Gasteiger partial charge in [0.25, 0.3) is 0 Å². The number of hydrogen-bond acceptors (Lipinski definition) is 1. The second kappa shape index (κ2) is 5.39. The van der Waals surface area contributed by atoms with Gasteiger partial charge in [0.2, 0.25) is 0 Å². The number of carbonyl (C=O) groups is 1. The highest BCUT2D eigenvalue weighted by atomic mass is 79.9. The van der Waals surface area contributed by atoms with Crippen molar-refractivity contribution in [2.75, 3.05) is 0 Å². The molecule has 4 heteroatoms. The van der Waals surface area contributed by atoms with E-state index in [1.54, 1.807) is 6.07 Å². The zero-order valence-electron chi connectivity index (χ0n) is 10.2. The van der Waals surface area contributed by atoms with Gasteiger partial charge in [-0.25, -0.2) is 4.39 Å². The molecule has 1 aliphatic carbocycles. The van der Waals surface area contributed by atoms with Crippen LogP contribution in [0.3, 0.4) is 0 Å². The maximum Gasteiger partial charge on any atom is 0.306 e. The molecule has 0 radical (unpaired) electrons. The molecule has 1 fully saturated rings. The molecule has 2 rings (SSSR count). The van der Waals surface area contributed by atoms with Gasteiger partial charge in [0, 0.05) is 4.47 Å².